The molecule has 0 saturated heterocycles. The Morgan fingerprint density at radius 3 is 2.52 bits per heavy atom. The molecule has 0 fully saturated rings. The molecule has 0 unspecified atom stereocenters. The highest BCUT2D eigenvalue weighted by Gasteiger charge is 2.23. The molecule has 2 aromatic carbocycles. The van der Waals surface area contributed by atoms with Gasteiger partial charge in [0.15, 0.2) is 10.9 Å². The summed E-state index contributed by atoms with van der Waals surface area (Å²) in [5, 5.41) is 14.0. The van der Waals surface area contributed by atoms with Gasteiger partial charge in [0.25, 0.3) is 11.6 Å². The van der Waals surface area contributed by atoms with Gasteiger partial charge in [-0.15, -0.1) is 0 Å². The van der Waals surface area contributed by atoms with E-state index in [1.807, 2.05) is 6.92 Å². The number of nitro groups is 1. The average molecular weight is 493 g/mol. The molecule has 0 aliphatic heterocycles. The molecular formula is C21H24N4O6S2. The maximum absolute atomic E-state index is 12.8. The van der Waals surface area contributed by atoms with Crippen molar-refractivity contribution in [1.82, 2.24) is 9.29 Å². The molecule has 1 N–H and O–H groups in total. The second kappa shape index (κ2) is 10.2. The minimum Gasteiger partial charge on any atom is -0.494 e. The predicted octanol–water partition coefficient (Wildman–Crippen LogP) is 4.28. The molecule has 12 heteroatoms. The maximum atomic E-state index is 12.8. The first-order valence-corrected chi connectivity index (χ1v) is 12.5. The number of carbonyl (C=O) groups is 1. The van der Waals surface area contributed by atoms with Gasteiger partial charge in [0, 0.05) is 24.7 Å². The van der Waals surface area contributed by atoms with E-state index < -0.39 is 20.9 Å². The number of carbonyl (C=O) groups excluding carboxylic acids is 1. The summed E-state index contributed by atoms with van der Waals surface area (Å²) in [6.45, 7) is 4.59. The van der Waals surface area contributed by atoms with Gasteiger partial charge in [-0.2, -0.15) is 4.31 Å². The number of methoxy groups -OCH3 is 1. The lowest BCUT2D eigenvalue weighted by atomic mass is 10.2. The number of aromatic nitrogens is 1. The van der Waals surface area contributed by atoms with Crippen LogP contribution in [-0.2, 0) is 10.0 Å². The van der Waals surface area contributed by atoms with Gasteiger partial charge >= 0.3 is 0 Å². The van der Waals surface area contributed by atoms with Gasteiger partial charge < -0.3 is 4.74 Å². The molecule has 0 saturated carbocycles. The summed E-state index contributed by atoms with van der Waals surface area (Å²) >= 11 is 1.07. The monoisotopic (exact) mass is 492 g/mol. The van der Waals surface area contributed by atoms with Crippen LogP contribution in [0.15, 0.2) is 41.3 Å². The SMILES string of the molecule is CCCCN(CC)S(=O)(=O)c1ccc(C(=O)Nc2nc3c(OC)cc([N+](=O)[O-])cc3s2)cc1. The van der Waals surface area contributed by atoms with Crippen molar-refractivity contribution in [2.45, 2.75) is 31.6 Å². The first kappa shape index (κ1) is 24.6. The fourth-order valence-corrected chi connectivity index (χ4v) is 5.58. The number of non-ortho nitro benzene ring substituents is 1. The minimum absolute atomic E-state index is 0.119. The first-order chi connectivity index (χ1) is 15.7. The van der Waals surface area contributed by atoms with Gasteiger partial charge in [-0.05, 0) is 30.7 Å². The lowest BCUT2D eigenvalue weighted by molar-refractivity contribution is -0.384. The van der Waals surface area contributed by atoms with Crippen LogP contribution in [-0.4, -0.2) is 48.7 Å². The van der Waals surface area contributed by atoms with E-state index >= 15 is 0 Å². The fraction of sp³-hybridized carbons (Fsp3) is 0.333. The van der Waals surface area contributed by atoms with E-state index in [1.165, 1.54) is 47.8 Å². The smallest absolute Gasteiger partial charge is 0.274 e. The van der Waals surface area contributed by atoms with Gasteiger partial charge in [0.05, 0.1) is 27.7 Å². The van der Waals surface area contributed by atoms with Crippen molar-refractivity contribution >= 4 is 48.3 Å². The quantitative estimate of drug-likeness (QED) is 0.330. The minimum atomic E-state index is -3.64. The summed E-state index contributed by atoms with van der Waals surface area (Å²) in [4.78, 5) is 27.7. The summed E-state index contributed by atoms with van der Waals surface area (Å²) in [6, 6.07) is 8.33. The van der Waals surface area contributed by atoms with Gasteiger partial charge in [-0.3, -0.25) is 20.2 Å². The third-order valence-electron chi connectivity index (χ3n) is 4.96. The Morgan fingerprint density at radius 2 is 1.94 bits per heavy atom. The maximum Gasteiger partial charge on any atom is 0.274 e. The number of anilines is 1. The number of rotatable bonds is 10. The van der Waals surface area contributed by atoms with Crippen LogP contribution in [0.25, 0.3) is 10.2 Å². The van der Waals surface area contributed by atoms with Crippen molar-refractivity contribution in [3.05, 3.63) is 52.1 Å². The molecule has 0 atom stereocenters. The number of hydrogen-bond acceptors (Lipinski definition) is 8. The van der Waals surface area contributed by atoms with Gasteiger partial charge in [0.1, 0.15) is 5.52 Å². The largest absolute Gasteiger partial charge is 0.494 e. The molecule has 0 spiro atoms. The van der Waals surface area contributed by atoms with E-state index in [4.69, 9.17) is 4.74 Å². The fourth-order valence-electron chi connectivity index (χ4n) is 3.18. The zero-order valence-corrected chi connectivity index (χ0v) is 20.0. The molecule has 3 rings (SSSR count). The molecule has 3 aromatic rings. The molecule has 1 aromatic heterocycles. The number of ether oxygens (including phenoxy) is 1. The molecule has 10 nitrogen and oxygen atoms in total. The Hall–Kier alpha value is -3.09. The molecular weight excluding hydrogens is 468 g/mol. The molecule has 176 valence electrons. The highest BCUT2D eigenvalue weighted by Crippen LogP contribution is 2.36. The Kier molecular flexibility index (Phi) is 7.61. The highest BCUT2D eigenvalue weighted by atomic mass is 32.2. The highest BCUT2D eigenvalue weighted by molar-refractivity contribution is 7.89. The van der Waals surface area contributed by atoms with E-state index in [0.717, 1.165) is 24.2 Å². The second-order valence-electron chi connectivity index (χ2n) is 7.10. The van der Waals surface area contributed by atoms with Crippen LogP contribution in [0.3, 0.4) is 0 Å². The Bertz CT molecular complexity index is 1270. The van der Waals surface area contributed by atoms with Crippen LogP contribution in [0.2, 0.25) is 0 Å². The second-order valence-corrected chi connectivity index (χ2v) is 10.1. The molecule has 0 bridgehead atoms. The summed E-state index contributed by atoms with van der Waals surface area (Å²) in [5.41, 5.74) is 0.511. The number of nitro benzene ring substituents is 1. The molecule has 1 heterocycles. The summed E-state index contributed by atoms with van der Waals surface area (Å²) in [5.74, 6) is -0.251. The lowest BCUT2D eigenvalue weighted by Crippen LogP contribution is -2.31. The molecule has 1 amide bonds. The van der Waals surface area contributed by atoms with E-state index in [9.17, 15) is 23.3 Å². The number of nitrogens with one attached hydrogen (secondary N) is 1. The standard InChI is InChI=1S/C21H24N4O6S2/c1-4-6-11-24(5-2)33(29,30)16-9-7-14(8-10-16)20(26)23-21-22-19-17(31-3)12-15(25(27)28)13-18(19)32-21/h7-10,12-13H,4-6,11H2,1-3H3,(H,22,23,26). The number of hydrogen-bond donors (Lipinski definition) is 1. The third-order valence-corrected chi connectivity index (χ3v) is 7.87. The number of benzene rings is 2. The Labute approximate surface area is 195 Å². The summed E-state index contributed by atoms with van der Waals surface area (Å²) in [7, 11) is -2.26. The van der Waals surface area contributed by atoms with Gasteiger partial charge in [0.2, 0.25) is 10.0 Å². The predicted molar refractivity (Wildman–Crippen MR) is 127 cm³/mol. The first-order valence-electron chi connectivity index (χ1n) is 10.3. The summed E-state index contributed by atoms with van der Waals surface area (Å²) < 4.78 is 32.8. The number of thiazole rings is 1. The van der Waals surface area contributed by atoms with E-state index in [2.05, 4.69) is 10.3 Å². The van der Waals surface area contributed by atoms with E-state index in [-0.39, 0.29) is 27.0 Å². The summed E-state index contributed by atoms with van der Waals surface area (Å²) in [6.07, 6.45) is 1.65. The zero-order chi connectivity index (χ0) is 24.2. The number of sulfonamides is 1. The van der Waals surface area contributed by atoms with Gasteiger partial charge in [-0.1, -0.05) is 31.6 Å². The van der Waals surface area contributed by atoms with Crippen LogP contribution < -0.4 is 10.1 Å². The zero-order valence-electron chi connectivity index (χ0n) is 18.4. The van der Waals surface area contributed by atoms with Crippen LogP contribution in [0, 0.1) is 10.1 Å². The van der Waals surface area contributed by atoms with Crippen LogP contribution in [0.1, 0.15) is 37.0 Å². The van der Waals surface area contributed by atoms with Gasteiger partial charge in [-0.25, -0.2) is 13.4 Å². The molecule has 33 heavy (non-hydrogen) atoms. The van der Waals surface area contributed by atoms with Crippen molar-refractivity contribution in [3.63, 3.8) is 0 Å². The van der Waals surface area contributed by atoms with E-state index in [1.54, 1.807) is 6.92 Å². The topological polar surface area (TPSA) is 132 Å². The molecule has 0 radical (unpaired) electrons. The van der Waals surface area contributed by atoms with Crippen molar-refractivity contribution in [3.8, 4) is 5.75 Å². The number of amides is 1. The van der Waals surface area contributed by atoms with Crippen molar-refractivity contribution in [2.75, 3.05) is 25.5 Å². The average Bonchev–Trinajstić information content (AvgIpc) is 3.21. The van der Waals surface area contributed by atoms with Crippen molar-refractivity contribution in [2.24, 2.45) is 0 Å². The Balaban J connectivity index is 1.81. The third kappa shape index (κ3) is 5.29. The van der Waals surface area contributed by atoms with E-state index in [0.29, 0.717) is 23.3 Å². The number of unbranched alkanes of at least 4 members (excludes halogenated alkanes) is 1. The van der Waals surface area contributed by atoms with Crippen molar-refractivity contribution < 1.29 is 22.9 Å². The molecule has 0 aliphatic carbocycles. The lowest BCUT2D eigenvalue weighted by Gasteiger charge is -2.20. The Morgan fingerprint density at radius 1 is 1.24 bits per heavy atom. The molecule has 0 aliphatic rings. The van der Waals surface area contributed by atoms with Crippen molar-refractivity contribution in [1.29, 1.82) is 0 Å². The normalized spacial score (nSPS) is 11.6. The van der Waals surface area contributed by atoms with Crippen LogP contribution in [0.4, 0.5) is 10.8 Å². The number of fused-ring (bicyclic) bond motifs is 1. The number of nitrogens with zero attached hydrogens (tertiary/aromatic N) is 3. The van der Waals surface area contributed by atoms with Crippen LogP contribution >= 0.6 is 11.3 Å². The van der Waals surface area contributed by atoms with Crippen LogP contribution in [0.5, 0.6) is 5.75 Å².